The SMILES string of the molecule is COc1ccc(CNC(=O)[C@@H](C)OC(=O)c2ccc(OC)c3ccccc23)cc1OC. The van der Waals surface area contributed by atoms with Crippen LogP contribution in [0.2, 0.25) is 0 Å². The van der Waals surface area contributed by atoms with Gasteiger partial charge in [0.15, 0.2) is 17.6 Å². The van der Waals surface area contributed by atoms with Crippen LogP contribution in [0.25, 0.3) is 10.8 Å². The molecule has 0 heterocycles. The van der Waals surface area contributed by atoms with Crippen molar-refractivity contribution in [3.8, 4) is 17.2 Å². The van der Waals surface area contributed by atoms with E-state index >= 15 is 0 Å². The molecule has 31 heavy (non-hydrogen) atoms. The fourth-order valence-corrected chi connectivity index (χ4v) is 3.23. The van der Waals surface area contributed by atoms with Crippen LogP contribution < -0.4 is 19.5 Å². The van der Waals surface area contributed by atoms with E-state index in [9.17, 15) is 9.59 Å². The topological polar surface area (TPSA) is 83.1 Å². The highest BCUT2D eigenvalue weighted by Gasteiger charge is 2.21. The summed E-state index contributed by atoms with van der Waals surface area (Å²) in [4.78, 5) is 25.2. The maximum atomic E-state index is 12.7. The van der Waals surface area contributed by atoms with Crippen LogP contribution in [0.1, 0.15) is 22.8 Å². The molecule has 0 unspecified atom stereocenters. The number of carbonyl (C=O) groups excluding carboxylic acids is 2. The second kappa shape index (κ2) is 9.84. The number of methoxy groups -OCH3 is 3. The molecule has 0 saturated carbocycles. The summed E-state index contributed by atoms with van der Waals surface area (Å²) in [5.74, 6) is 0.855. The van der Waals surface area contributed by atoms with Gasteiger partial charge in [-0.05, 0) is 42.1 Å². The van der Waals surface area contributed by atoms with E-state index in [1.807, 2.05) is 30.3 Å². The molecule has 1 N–H and O–H groups in total. The molecule has 0 aliphatic carbocycles. The van der Waals surface area contributed by atoms with Crippen molar-refractivity contribution in [3.63, 3.8) is 0 Å². The fraction of sp³-hybridized carbons (Fsp3) is 0.250. The maximum absolute atomic E-state index is 12.7. The zero-order valence-corrected chi connectivity index (χ0v) is 17.9. The molecule has 1 amide bonds. The van der Waals surface area contributed by atoms with Crippen molar-refractivity contribution in [1.29, 1.82) is 0 Å². The van der Waals surface area contributed by atoms with Gasteiger partial charge in [-0.3, -0.25) is 4.79 Å². The van der Waals surface area contributed by atoms with E-state index in [4.69, 9.17) is 18.9 Å². The smallest absolute Gasteiger partial charge is 0.339 e. The first-order chi connectivity index (χ1) is 15.0. The van der Waals surface area contributed by atoms with Crippen molar-refractivity contribution in [2.45, 2.75) is 19.6 Å². The van der Waals surface area contributed by atoms with Gasteiger partial charge < -0.3 is 24.3 Å². The summed E-state index contributed by atoms with van der Waals surface area (Å²) in [5, 5.41) is 4.26. The average Bonchev–Trinajstić information content (AvgIpc) is 2.81. The van der Waals surface area contributed by atoms with Gasteiger partial charge in [-0.1, -0.05) is 30.3 Å². The predicted octanol–water partition coefficient (Wildman–Crippen LogP) is 3.73. The Kier molecular flexibility index (Phi) is 6.97. The summed E-state index contributed by atoms with van der Waals surface area (Å²) in [5.41, 5.74) is 1.20. The largest absolute Gasteiger partial charge is 0.496 e. The molecule has 3 rings (SSSR count). The Hall–Kier alpha value is -3.74. The van der Waals surface area contributed by atoms with E-state index in [0.717, 1.165) is 10.9 Å². The third kappa shape index (κ3) is 4.88. The molecule has 7 nitrogen and oxygen atoms in total. The lowest BCUT2D eigenvalue weighted by atomic mass is 10.0. The van der Waals surface area contributed by atoms with Gasteiger partial charge in [0, 0.05) is 11.9 Å². The Morgan fingerprint density at radius 2 is 1.48 bits per heavy atom. The zero-order chi connectivity index (χ0) is 22.4. The molecule has 1 atom stereocenters. The second-order valence-electron chi connectivity index (χ2n) is 6.82. The zero-order valence-electron chi connectivity index (χ0n) is 17.9. The van der Waals surface area contributed by atoms with Gasteiger partial charge in [-0.25, -0.2) is 4.79 Å². The van der Waals surface area contributed by atoms with Crippen LogP contribution >= 0.6 is 0 Å². The van der Waals surface area contributed by atoms with Gasteiger partial charge in [0.05, 0.1) is 26.9 Å². The number of rotatable bonds is 8. The van der Waals surface area contributed by atoms with Crippen molar-refractivity contribution in [2.24, 2.45) is 0 Å². The second-order valence-corrected chi connectivity index (χ2v) is 6.82. The minimum Gasteiger partial charge on any atom is -0.496 e. The number of benzene rings is 3. The van der Waals surface area contributed by atoms with E-state index in [1.54, 1.807) is 45.6 Å². The van der Waals surface area contributed by atoms with E-state index < -0.39 is 18.0 Å². The molecule has 0 aliphatic rings. The number of esters is 1. The van der Waals surface area contributed by atoms with Gasteiger partial charge in [0.25, 0.3) is 5.91 Å². The molecule has 7 heteroatoms. The first-order valence-electron chi connectivity index (χ1n) is 9.73. The Balaban J connectivity index is 1.66. The highest BCUT2D eigenvalue weighted by atomic mass is 16.5. The number of ether oxygens (including phenoxy) is 4. The Bertz CT molecular complexity index is 1090. The van der Waals surface area contributed by atoms with Crippen LogP contribution in [-0.4, -0.2) is 39.3 Å². The summed E-state index contributed by atoms with van der Waals surface area (Å²) in [6, 6.07) is 16.1. The van der Waals surface area contributed by atoms with E-state index in [0.29, 0.717) is 28.2 Å². The molecule has 0 spiro atoms. The molecule has 0 aromatic heterocycles. The summed E-state index contributed by atoms with van der Waals surface area (Å²) < 4.78 is 21.2. The normalized spacial score (nSPS) is 11.5. The van der Waals surface area contributed by atoms with Crippen LogP contribution in [0, 0.1) is 0 Å². The van der Waals surface area contributed by atoms with Crippen molar-refractivity contribution >= 4 is 22.6 Å². The highest BCUT2D eigenvalue weighted by molar-refractivity contribution is 6.07. The van der Waals surface area contributed by atoms with Crippen LogP contribution in [0.4, 0.5) is 0 Å². The standard InChI is InChI=1S/C24H25NO6/c1-15(23(26)25-14-16-9-11-21(29-3)22(13-16)30-4)31-24(27)19-10-12-20(28-2)18-8-6-5-7-17(18)19/h5-13,15H,14H2,1-4H3,(H,25,26)/t15-/m1/s1. The van der Waals surface area contributed by atoms with E-state index in [1.165, 1.54) is 6.92 Å². The van der Waals surface area contributed by atoms with Crippen molar-refractivity contribution in [3.05, 3.63) is 65.7 Å². The number of carbonyl (C=O) groups is 2. The molecule has 0 bridgehead atoms. The summed E-state index contributed by atoms with van der Waals surface area (Å²) in [7, 11) is 4.68. The summed E-state index contributed by atoms with van der Waals surface area (Å²) in [6.45, 7) is 1.79. The van der Waals surface area contributed by atoms with Gasteiger partial charge in [0.2, 0.25) is 0 Å². The fourth-order valence-electron chi connectivity index (χ4n) is 3.23. The molecular formula is C24H25NO6. The van der Waals surface area contributed by atoms with Gasteiger partial charge in [-0.15, -0.1) is 0 Å². The Labute approximate surface area is 180 Å². The Morgan fingerprint density at radius 3 is 2.16 bits per heavy atom. The number of fused-ring (bicyclic) bond motifs is 1. The number of nitrogens with one attached hydrogen (secondary N) is 1. The van der Waals surface area contributed by atoms with E-state index in [2.05, 4.69) is 5.32 Å². The lowest BCUT2D eigenvalue weighted by Crippen LogP contribution is -2.35. The first kappa shape index (κ1) is 22.0. The van der Waals surface area contributed by atoms with Crippen molar-refractivity contribution in [1.82, 2.24) is 5.32 Å². The van der Waals surface area contributed by atoms with Crippen LogP contribution in [0.3, 0.4) is 0 Å². The Morgan fingerprint density at radius 1 is 0.839 bits per heavy atom. The van der Waals surface area contributed by atoms with Gasteiger partial charge in [0.1, 0.15) is 5.75 Å². The molecule has 0 radical (unpaired) electrons. The lowest BCUT2D eigenvalue weighted by molar-refractivity contribution is -0.129. The number of amides is 1. The number of hydrogen-bond acceptors (Lipinski definition) is 6. The minimum atomic E-state index is -0.964. The van der Waals surface area contributed by atoms with Crippen molar-refractivity contribution < 1.29 is 28.5 Å². The molecular weight excluding hydrogens is 398 g/mol. The molecule has 0 aliphatic heterocycles. The quantitative estimate of drug-likeness (QED) is 0.556. The van der Waals surface area contributed by atoms with Crippen LogP contribution in [0.5, 0.6) is 17.2 Å². The van der Waals surface area contributed by atoms with Gasteiger partial charge in [-0.2, -0.15) is 0 Å². The third-order valence-electron chi connectivity index (χ3n) is 4.89. The molecule has 0 saturated heterocycles. The van der Waals surface area contributed by atoms with Gasteiger partial charge >= 0.3 is 5.97 Å². The van der Waals surface area contributed by atoms with Crippen LogP contribution in [0.15, 0.2) is 54.6 Å². The van der Waals surface area contributed by atoms with Crippen LogP contribution in [-0.2, 0) is 16.1 Å². The number of hydrogen-bond donors (Lipinski definition) is 1. The van der Waals surface area contributed by atoms with Crippen molar-refractivity contribution in [2.75, 3.05) is 21.3 Å². The minimum absolute atomic E-state index is 0.256. The highest BCUT2D eigenvalue weighted by Crippen LogP contribution is 2.29. The predicted molar refractivity (Wildman–Crippen MR) is 117 cm³/mol. The summed E-state index contributed by atoms with van der Waals surface area (Å²) >= 11 is 0. The summed E-state index contributed by atoms with van der Waals surface area (Å²) in [6.07, 6.45) is -0.964. The molecule has 3 aromatic carbocycles. The molecule has 0 fully saturated rings. The molecule has 3 aromatic rings. The monoisotopic (exact) mass is 423 g/mol. The maximum Gasteiger partial charge on any atom is 0.339 e. The lowest BCUT2D eigenvalue weighted by Gasteiger charge is -2.15. The average molecular weight is 423 g/mol. The van der Waals surface area contributed by atoms with E-state index in [-0.39, 0.29) is 6.54 Å². The first-order valence-corrected chi connectivity index (χ1v) is 9.73. The molecule has 162 valence electrons. The third-order valence-corrected chi connectivity index (χ3v) is 4.89.